The van der Waals surface area contributed by atoms with Crippen LogP contribution in [0.3, 0.4) is 0 Å². The Morgan fingerprint density at radius 1 is 1.04 bits per heavy atom. The highest BCUT2D eigenvalue weighted by atomic mass is 16.1. The summed E-state index contributed by atoms with van der Waals surface area (Å²) in [5, 5.41) is 14.0. The molecule has 2 aromatic heterocycles. The third kappa shape index (κ3) is 5.78. The van der Waals surface area contributed by atoms with Gasteiger partial charge in [0.1, 0.15) is 11.6 Å². The van der Waals surface area contributed by atoms with Gasteiger partial charge in [0.2, 0.25) is 0 Å². The Labute approximate surface area is 166 Å². The quantitative estimate of drug-likeness (QED) is 0.530. The zero-order valence-corrected chi connectivity index (χ0v) is 17.1. The van der Waals surface area contributed by atoms with Crippen LogP contribution in [0.4, 0.5) is 23.3 Å². The zero-order chi connectivity index (χ0) is 20.5. The summed E-state index contributed by atoms with van der Waals surface area (Å²) in [5.41, 5.74) is 6.04. The average molecular weight is 387 g/mol. The molecule has 0 unspecified atom stereocenters. The first-order chi connectivity index (χ1) is 13.5. The molecule has 2 rings (SSSR count). The summed E-state index contributed by atoms with van der Waals surface area (Å²) in [7, 11) is 7.50. The van der Waals surface area contributed by atoms with E-state index in [9.17, 15) is 4.79 Å². The monoisotopic (exact) mass is 386 g/mol. The predicted octanol–water partition coefficient (Wildman–Crippen LogP) is 1.80. The number of nitrogens with zero attached hydrogens (tertiary/aromatic N) is 5. The topological polar surface area (TPSA) is 112 Å². The summed E-state index contributed by atoms with van der Waals surface area (Å²) in [6, 6.07) is 7.07. The molecule has 4 N–H and O–H groups in total. The molecule has 1 amide bonds. The SMILES string of the molecule is CNc1ccc(C(=O)Nc2ccc(N(C)C)nn2)c(N(C)CCCCCN)n1. The first kappa shape index (κ1) is 21.4. The van der Waals surface area contributed by atoms with Crippen LogP contribution >= 0.6 is 0 Å². The first-order valence-corrected chi connectivity index (χ1v) is 9.38. The molecule has 0 aromatic carbocycles. The van der Waals surface area contributed by atoms with Gasteiger partial charge in [0.05, 0.1) is 5.56 Å². The molecule has 2 aromatic rings. The lowest BCUT2D eigenvalue weighted by Crippen LogP contribution is -2.25. The minimum atomic E-state index is -0.272. The van der Waals surface area contributed by atoms with Gasteiger partial charge in [-0.05, 0) is 43.7 Å². The number of carbonyl (C=O) groups is 1. The Morgan fingerprint density at radius 2 is 1.79 bits per heavy atom. The Kier molecular flexibility index (Phi) is 7.94. The van der Waals surface area contributed by atoms with Crippen molar-refractivity contribution in [3.63, 3.8) is 0 Å². The van der Waals surface area contributed by atoms with Gasteiger partial charge in [-0.1, -0.05) is 6.42 Å². The smallest absolute Gasteiger partial charge is 0.260 e. The number of amides is 1. The lowest BCUT2D eigenvalue weighted by Gasteiger charge is -2.21. The number of hydrogen-bond donors (Lipinski definition) is 3. The van der Waals surface area contributed by atoms with Crippen molar-refractivity contribution in [3.05, 3.63) is 29.8 Å². The molecule has 28 heavy (non-hydrogen) atoms. The second-order valence-electron chi connectivity index (χ2n) is 6.71. The molecule has 0 saturated heterocycles. The van der Waals surface area contributed by atoms with Gasteiger partial charge in [0.25, 0.3) is 5.91 Å². The lowest BCUT2D eigenvalue weighted by atomic mass is 10.2. The minimum Gasteiger partial charge on any atom is -0.373 e. The number of anilines is 4. The number of nitrogens with one attached hydrogen (secondary N) is 2. The van der Waals surface area contributed by atoms with Gasteiger partial charge in [-0.3, -0.25) is 4.79 Å². The molecule has 152 valence electrons. The number of hydrogen-bond acceptors (Lipinski definition) is 8. The van der Waals surface area contributed by atoms with Gasteiger partial charge >= 0.3 is 0 Å². The van der Waals surface area contributed by atoms with E-state index in [1.54, 1.807) is 31.3 Å². The van der Waals surface area contributed by atoms with Crippen molar-refractivity contribution in [2.75, 3.05) is 61.7 Å². The highest BCUT2D eigenvalue weighted by molar-refractivity contribution is 6.07. The Morgan fingerprint density at radius 3 is 2.39 bits per heavy atom. The third-order valence-electron chi connectivity index (χ3n) is 4.29. The Balaban J connectivity index is 2.16. The Bertz CT molecular complexity index is 763. The van der Waals surface area contributed by atoms with Gasteiger partial charge in [0.15, 0.2) is 11.6 Å². The van der Waals surface area contributed by atoms with Crippen LogP contribution in [-0.4, -0.2) is 62.4 Å². The fourth-order valence-electron chi connectivity index (χ4n) is 2.65. The highest BCUT2D eigenvalue weighted by Crippen LogP contribution is 2.21. The number of nitrogens with two attached hydrogens (primary N) is 1. The number of carbonyl (C=O) groups excluding carboxylic acids is 1. The first-order valence-electron chi connectivity index (χ1n) is 9.38. The minimum absolute atomic E-state index is 0.272. The van der Waals surface area contributed by atoms with Crippen LogP contribution in [0.2, 0.25) is 0 Å². The van der Waals surface area contributed by atoms with Crippen molar-refractivity contribution >= 4 is 29.2 Å². The molecule has 0 aliphatic heterocycles. The van der Waals surface area contributed by atoms with E-state index in [0.717, 1.165) is 31.6 Å². The van der Waals surface area contributed by atoms with Crippen LogP contribution in [0.15, 0.2) is 24.3 Å². The molecule has 0 bridgehead atoms. The molecule has 2 heterocycles. The summed E-state index contributed by atoms with van der Waals surface area (Å²) in [5.74, 6) is 2.16. The fourth-order valence-corrected chi connectivity index (χ4v) is 2.65. The van der Waals surface area contributed by atoms with E-state index in [1.165, 1.54) is 0 Å². The second kappa shape index (κ2) is 10.4. The third-order valence-corrected chi connectivity index (χ3v) is 4.29. The number of aromatic nitrogens is 3. The van der Waals surface area contributed by atoms with E-state index in [1.807, 2.05) is 30.9 Å². The van der Waals surface area contributed by atoms with Crippen molar-refractivity contribution in [1.82, 2.24) is 15.2 Å². The largest absolute Gasteiger partial charge is 0.373 e. The number of pyridine rings is 1. The van der Waals surface area contributed by atoms with Crippen LogP contribution < -0.4 is 26.2 Å². The van der Waals surface area contributed by atoms with Crippen molar-refractivity contribution in [1.29, 1.82) is 0 Å². The highest BCUT2D eigenvalue weighted by Gasteiger charge is 2.17. The van der Waals surface area contributed by atoms with Gasteiger partial charge in [-0.15, -0.1) is 10.2 Å². The molecular weight excluding hydrogens is 356 g/mol. The second-order valence-corrected chi connectivity index (χ2v) is 6.71. The number of unbranched alkanes of at least 4 members (excludes halogenated alkanes) is 2. The average Bonchev–Trinajstić information content (AvgIpc) is 2.70. The van der Waals surface area contributed by atoms with Crippen LogP contribution in [0.25, 0.3) is 0 Å². The summed E-state index contributed by atoms with van der Waals surface area (Å²) >= 11 is 0. The fraction of sp³-hybridized carbons (Fsp3) is 0.474. The maximum Gasteiger partial charge on any atom is 0.260 e. The molecule has 9 nitrogen and oxygen atoms in total. The summed E-state index contributed by atoms with van der Waals surface area (Å²) in [4.78, 5) is 21.3. The summed E-state index contributed by atoms with van der Waals surface area (Å²) < 4.78 is 0. The van der Waals surface area contributed by atoms with Gasteiger partial charge in [-0.25, -0.2) is 4.98 Å². The van der Waals surface area contributed by atoms with Crippen LogP contribution in [0.5, 0.6) is 0 Å². The normalized spacial score (nSPS) is 10.5. The van der Waals surface area contributed by atoms with Crippen molar-refractivity contribution < 1.29 is 4.79 Å². The standard InChI is InChI=1S/C19H30N8O/c1-21-15-9-8-14(18(22-15)27(4)13-7-5-6-12-20)19(28)23-16-10-11-17(25-24-16)26(2)3/h8-11H,5-7,12-13,20H2,1-4H3,(H,21,22)(H,23,24,28). The molecule has 0 radical (unpaired) electrons. The molecule has 9 heteroatoms. The van der Waals surface area contributed by atoms with Crippen molar-refractivity contribution in [2.24, 2.45) is 5.73 Å². The molecule has 0 fully saturated rings. The molecule has 0 aliphatic rings. The van der Waals surface area contributed by atoms with Crippen LogP contribution in [0, 0.1) is 0 Å². The van der Waals surface area contributed by atoms with Crippen LogP contribution in [-0.2, 0) is 0 Å². The molecule has 0 atom stereocenters. The van der Waals surface area contributed by atoms with E-state index in [2.05, 4.69) is 25.8 Å². The van der Waals surface area contributed by atoms with Gasteiger partial charge in [0, 0.05) is 34.7 Å². The van der Waals surface area contributed by atoms with Gasteiger partial charge in [-0.2, -0.15) is 0 Å². The number of rotatable bonds is 10. The van der Waals surface area contributed by atoms with Gasteiger partial charge < -0.3 is 26.2 Å². The molecule has 0 spiro atoms. The molecular formula is C19H30N8O. The zero-order valence-electron chi connectivity index (χ0n) is 17.1. The van der Waals surface area contributed by atoms with Crippen LogP contribution in [0.1, 0.15) is 29.6 Å². The predicted molar refractivity (Wildman–Crippen MR) is 114 cm³/mol. The lowest BCUT2D eigenvalue weighted by molar-refractivity contribution is 0.102. The van der Waals surface area contributed by atoms with E-state index >= 15 is 0 Å². The maximum absolute atomic E-state index is 12.8. The van der Waals surface area contributed by atoms with E-state index in [0.29, 0.717) is 29.6 Å². The van der Waals surface area contributed by atoms with E-state index in [-0.39, 0.29) is 5.91 Å². The van der Waals surface area contributed by atoms with Crippen molar-refractivity contribution in [3.8, 4) is 0 Å². The van der Waals surface area contributed by atoms with E-state index < -0.39 is 0 Å². The molecule has 0 saturated carbocycles. The molecule has 0 aliphatic carbocycles. The Hall–Kier alpha value is -2.94. The van der Waals surface area contributed by atoms with E-state index in [4.69, 9.17) is 5.73 Å². The van der Waals surface area contributed by atoms with Crippen molar-refractivity contribution in [2.45, 2.75) is 19.3 Å². The maximum atomic E-state index is 12.8. The summed E-state index contributed by atoms with van der Waals surface area (Å²) in [6.45, 7) is 1.48. The summed E-state index contributed by atoms with van der Waals surface area (Å²) in [6.07, 6.45) is 3.02.